The van der Waals surface area contributed by atoms with Crippen molar-refractivity contribution in [3.63, 3.8) is 0 Å². The molecule has 1 aliphatic carbocycles. The van der Waals surface area contributed by atoms with E-state index in [1.807, 2.05) is 0 Å². The number of rotatable bonds is 6. The Hall–Kier alpha value is -1.79. The predicted octanol–water partition coefficient (Wildman–Crippen LogP) is 0.492. The van der Waals surface area contributed by atoms with Crippen molar-refractivity contribution in [3.8, 4) is 0 Å². The molecule has 7 nitrogen and oxygen atoms in total. The Kier molecular flexibility index (Phi) is 6.11. The summed E-state index contributed by atoms with van der Waals surface area (Å²) in [5.41, 5.74) is 0. The number of nitrogens with one attached hydrogen (secondary N) is 2. The number of aliphatic carboxylic acids is 1. The Balaban J connectivity index is 2.15. The Morgan fingerprint density at radius 3 is 2.63 bits per heavy atom. The lowest BCUT2D eigenvalue weighted by molar-refractivity contribution is -0.143. The van der Waals surface area contributed by atoms with Crippen molar-refractivity contribution in [2.75, 3.05) is 13.2 Å². The second-order valence-electron chi connectivity index (χ2n) is 4.50. The third-order valence-electron chi connectivity index (χ3n) is 3.04. The number of carbonyl (C=O) groups excluding carboxylic acids is 2. The topological polar surface area (TPSA) is 105 Å². The molecule has 7 heteroatoms. The maximum atomic E-state index is 11.5. The molecule has 0 aliphatic heterocycles. The summed E-state index contributed by atoms with van der Waals surface area (Å²) in [5.74, 6) is -1.54. The van der Waals surface area contributed by atoms with Gasteiger partial charge in [-0.3, -0.25) is 9.59 Å². The molecule has 0 aromatic heterocycles. The zero-order valence-corrected chi connectivity index (χ0v) is 11.0. The molecule has 1 aliphatic rings. The molecule has 3 N–H and O–H groups in total. The van der Waals surface area contributed by atoms with E-state index in [0.29, 0.717) is 25.9 Å². The lowest BCUT2D eigenvalue weighted by Gasteiger charge is -2.13. The van der Waals surface area contributed by atoms with E-state index in [0.717, 1.165) is 0 Å². The number of esters is 1. The largest absolute Gasteiger partial charge is 0.481 e. The number of ether oxygens (including phenoxy) is 1. The first kappa shape index (κ1) is 15.3. The van der Waals surface area contributed by atoms with E-state index in [4.69, 9.17) is 9.84 Å². The number of hydrogen-bond donors (Lipinski definition) is 3. The fourth-order valence-corrected chi connectivity index (χ4v) is 2.08. The first-order valence-corrected chi connectivity index (χ1v) is 6.45. The van der Waals surface area contributed by atoms with Crippen LogP contribution in [0.25, 0.3) is 0 Å². The van der Waals surface area contributed by atoms with Gasteiger partial charge in [-0.1, -0.05) is 0 Å². The molecule has 108 valence electrons. The second kappa shape index (κ2) is 7.60. The summed E-state index contributed by atoms with van der Waals surface area (Å²) in [5, 5.41) is 14.1. The minimum absolute atomic E-state index is 0.108. The first-order valence-electron chi connectivity index (χ1n) is 6.45. The number of amides is 2. The molecule has 0 aromatic carbocycles. The van der Waals surface area contributed by atoms with Crippen LogP contribution in [0.2, 0.25) is 0 Å². The van der Waals surface area contributed by atoms with Crippen molar-refractivity contribution >= 4 is 18.0 Å². The van der Waals surface area contributed by atoms with E-state index in [9.17, 15) is 14.4 Å². The summed E-state index contributed by atoms with van der Waals surface area (Å²) in [6.07, 6.45) is 1.84. The monoisotopic (exact) mass is 272 g/mol. The van der Waals surface area contributed by atoms with Gasteiger partial charge in [-0.25, -0.2) is 4.79 Å². The molecule has 0 heterocycles. The Morgan fingerprint density at radius 2 is 2.05 bits per heavy atom. The minimum atomic E-state index is -0.813. The van der Waals surface area contributed by atoms with Gasteiger partial charge in [0, 0.05) is 12.6 Å². The fourth-order valence-electron chi connectivity index (χ4n) is 2.08. The molecule has 0 unspecified atom stereocenters. The van der Waals surface area contributed by atoms with Crippen LogP contribution in [0.4, 0.5) is 4.79 Å². The molecule has 1 rings (SSSR count). The maximum Gasteiger partial charge on any atom is 0.315 e. The van der Waals surface area contributed by atoms with Gasteiger partial charge in [0.25, 0.3) is 0 Å². The molecule has 1 saturated carbocycles. The van der Waals surface area contributed by atoms with E-state index < -0.39 is 5.97 Å². The van der Waals surface area contributed by atoms with Crippen molar-refractivity contribution in [1.29, 1.82) is 0 Å². The van der Waals surface area contributed by atoms with Crippen LogP contribution in [0.3, 0.4) is 0 Å². The highest BCUT2D eigenvalue weighted by atomic mass is 16.5. The Labute approximate surface area is 111 Å². The van der Waals surface area contributed by atoms with E-state index in [1.165, 1.54) is 0 Å². The summed E-state index contributed by atoms with van der Waals surface area (Å²) in [6, 6.07) is -0.482. The third-order valence-corrected chi connectivity index (χ3v) is 3.04. The van der Waals surface area contributed by atoms with Crippen molar-refractivity contribution in [2.45, 2.75) is 38.6 Å². The highest BCUT2D eigenvalue weighted by molar-refractivity contribution is 5.76. The van der Waals surface area contributed by atoms with Gasteiger partial charge in [0.05, 0.1) is 18.9 Å². The van der Waals surface area contributed by atoms with Crippen LogP contribution >= 0.6 is 0 Å². The van der Waals surface area contributed by atoms with Gasteiger partial charge in [0.1, 0.15) is 0 Å². The fraction of sp³-hybridized carbons (Fsp3) is 0.750. The molecular formula is C12H20N2O5. The Bertz CT molecular complexity index is 345. The number of carboxylic acid groups (broad SMARTS) is 1. The van der Waals surface area contributed by atoms with Crippen LogP contribution in [0.15, 0.2) is 0 Å². The first-order chi connectivity index (χ1) is 9.02. The predicted molar refractivity (Wildman–Crippen MR) is 66.5 cm³/mol. The van der Waals surface area contributed by atoms with Gasteiger partial charge in [-0.05, 0) is 26.2 Å². The molecular weight excluding hydrogens is 252 g/mol. The number of urea groups is 1. The molecule has 0 aromatic rings. The van der Waals surface area contributed by atoms with Crippen molar-refractivity contribution in [1.82, 2.24) is 10.6 Å². The highest BCUT2D eigenvalue weighted by Crippen LogP contribution is 2.25. The van der Waals surface area contributed by atoms with Crippen molar-refractivity contribution < 1.29 is 24.2 Å². The summed E-state index contributed by atoms with van der Waals surface area (Å²) in [6.45, 7) is 2.25. The highest BCUT2D eigenvalue weighted by Gasteiger charge is 2.30. The molecule has 0 bridgehead atoms. The van der Waals surface area contributed by atoms with Crippen LogP contribution in [0, 0.1) is 5.92 Å². The molecule has 2 amide bonds. The summed E-state index contributed by atoms with van der Waals surface area (Å²) in [4.78, 5) is 33.3. The molecule has 2 atom stereocenters. The van der Waals surface area contributed by atoms with E-state index in [2.05, 4.69) is 10.6 Å². The van der Waals surface area contributed by atoms with Gasteiger partial charge < -0.3 is 20.5 Å². The average Bonchev–Trinajstić information content (AvgIpc) is 2.78. The lowest BCUT2D eigenvalue weighted by atomic mass is 10.1. The zero-order chi connectivity index (χ0) is 14.3. The number of carboxylic acids is 1. The summed E-state index contributed by atoms with van der Waals surface area (Å²) < 4.78 is 4.72. The Morgan fingerprint density at radius 1 is 1.32 bits per heavy atom. The lowest BCUT2D eigenvalue weighted by Crippen LogP contribution is -2.41. The van der Waals surface area contributed by atoms with Crippen LogP contribution in [0.1, 0.15) is 32.6 Å². The maximum absolute atomic E-state index is 11.5. The molecule has 19 heavy (non-hydrogen) atoms. The minimum Gasteiger partial charge on any atom is -0.481 e. The SMILES string of the molecule is CCOC(=O)CCNC(=O)N[C@H]1CC[C@@H](C(=O)O)C1. The van der Waals surface area contributed by atoms with Crippen LogP contribution < -0.4 is 10.6 Å². The zero-order valence-electron chi connectivity index (χ0n) is 11.0. The van der Waals surface area contributed by atoms with Gasteiger partial charge in [-0.2, -0.15) is 0 Å². The van der Waals surface area contributed by atoms with Crippen LogP contribution in [0.5, 0.6) is 0 Å². The van der Waals surface area contributed by atoms with Crippen molar-refractivity contribution in [2.24, 2.45) is 5.92 Å². The molecule has 0 spiro atoms. The van der Waals surface area contributed by atoms with Crippen LogP contribution in [-0.4, -0.2) is 42.3 Å². The van der Waals surface area contributed by atoms with E-state index >= 15 is 0 Å². The quantitative estimate of drug-likeness (QED) is 0.610. The van der Waals surface area contributed by atoms with E-state index in [-0.39, 0.29) is 36.9 Å². The number of hydrogen-bond acceptors (Lipinski definition) is 4. The summed E-state index contributed by atoms with van der Waals surface area (Å²) in [7, 11) is 0. The van der Waals surface area contributed by atoms with E-state index in [1.54, 1.807) is 6.92 Å². The standard InChI is InChI=1S/C12H20N2O5/c1-2-19-10(15)5-6-13-12(18)14-9-4-3-8(7-9)11(16)17/h8-9H,2-7H2,1H3,(H,16,17)(H2,13,14,18)/t8-,9+/m1/s1. The molecule has 1 fully saturated rings. The third kappa shape index (κ3) is 5.58. The second-order valence-corrected chi connectivity index (χ2v) is 4.50. The normalized spacial score (nSPS) is 21.7. The van der Waals surface area contributed by atoms with Gasteiger partial charge >= 0.3 is 18.0 Å². The summed E-state index contributed by atoms with van der Waals surface area (Å²) >= 11 is 0. The number of carbonyl (C=O) groups is 3. The van der Waals surface area contributed by atoms with Gasteiger partial charge in [-0.15, -0.1) is 0 Å². The van der Waals surface area contributed by atoms with Crippen molar-refractivity contribution in [3.05, 3.63) is 0 Å². The molecule has 0 saturated heterocycles. The average molecular weight is 272 g/mol. The van der Waals surface area contributed by atoms with Gasteiger partial charge in [0.2, 0.25) is 0 Å². The van der Waals surface area contributed by atoms with Crippen LogP contribution in [-0.2, 0) is 14.3 Å². The smallest absolute Gasteiger partial charge is 0.315 e. The molecule has 0 radical (unpaired) electrons. The van der Waals surface area contributed by atoms with Gasteiger partial charge in [0.15, 0.2) is 0 Å².